The van der Waals surface area contributed by atoms with Crippen LogP contribution in [-0.4, -0.2) is 58.2 Å². The third kappa shape index (κ3) is 3.24. The van der Waals surface area contributed by atoms with E-state index in [1.165, 1.54) is 68.3 Å². The van der Waals surface area contributed by atoms with Crippen LogP contribution in [0, 0.1) is 17.3 Å². The fourth-order valence-electron chi connectivity index (χ4n) is 9.47. The lowest BCUT2D eigenvalue weighted by Gasteiger charge is -2.67. The molecular formula is C31H39IN2O2. The van der Waals surface area contributed by atoms with Crippen LogP contribution < -0.4 is 4.74 Å². The van der Waals surface area contributed by atoms with Gasteiger partial charge in [-0.2, -0.15) is 0 Å². The first-order valence-electron chi connectivity index (χ1n) is 14.0. The monoisotopic (exact) mass is 598 g/mol. The maximum absolute atomic E-state index is 11.8. The number of nitrogens with zero attached hydrogens (tertiary/aromatic N) is 2. The Morgan fingerprint density at radius 1 is 1.11 bits per heavy atom. The zero-order valence-corrected chi connectivity index (χ0v) is 23.8. The molecule has 1 heterocycles. The number of ether oxygens (including phenoxy) is 1. The van der Waals surface area contributed by atoms with Gasteiger partial charge in [-0.1, -0.05) is 59.0 Å². The van der Waals surface area contributed by atoms with Crippen LogP contribution in [0.2, 0.25) is 0 Å². The van der Waals surface area contributed by atoms with Crippen LogP contribution in [0.1, 0.15) is 55.2 Å². The molecule has 4 bridgehead atoms. The number of phenols is 1. The van der Waals surface area contributed by atoms with Gasteiger partial charge in [0.25, 0.3) is 0 Å². The molecule has 4 fully saturated rings. The Balaban J connectivity index is 1.36. The summed E-state index contributed by atoms with van der Waals surface area (Å²) in [6.45, 7) is 3.45. The van der Waals surface area contributed by atoms with E-state index in [0.29, 0.717) is 33.4 Å². The molecule has 192 valence electrons. The average molecular weight is 599 g/mol. The van der Waals surface area contributed by atoms with Gasteiger partial charge in [-0.25, -0.2) is 0 Å². The van der Waals surface area contributed by atoms with Crippen molar-refractivity contribution in [2.45, 2.75) is 72.9 Å². The van der Waals surface area contributed by atoms with E-state index in [1.54, 1.807) is 7.11 Å². The number of benzene rings is 2. The Bertz CT molecular complexity index is 1150. The Kier molecular flexibility index (Phi) is 5.68. The first kappa shape index (κ1) is 23.8. The van der Waals surface area contributed by atoms with Crippen LogP contribution in [0.5, 0.6) is 11.5 Å². The van der Waals surface area contributed by atoms with Crippen LogP contribution >= 0.6 is 22.6 Å². The molecule has 5 heteroatoms. The predicted octanol–water partition coefficient (Wildman–Crippen LogP) is 5.78. The number of fused-ring (bicyclic) bond motifs is 1. The van der Waals surface area contributed by atoms with E-state index in [1.807, 2.05) is 6.07 Å². The summed E-state index contributed by atoms with van der Waals surface area (Å²) < 4.78 is 6.32. The highest BCUT2D eigenvalue weighted by atomic mass is 127. The number of halogens is 1. The maximum atomic E-state index is 11.8. The molecule has 0 aromatic heterocycles. The third-order valence-corrected chi connectivity index (χ3v) is 12.1. The lowest BCUT2D eigenvalue weighted by molar-refractivity contribution is -0.108. The van der Waals surface area contributed by atoms with Crippen molar-refractivity contribution in [1.82, 2.24) is 9.80 Å². The summed E-state index contributed by atoms with van der Waals surface area (Å²) in [7, 11) is 4.05. The molecule has 0 spiro atoms. The van der Waals surface area contributed by atoms with Crippen LogP contribution in [0.15, 0.2) is 42.5 Å². The molecule has 4 nitrogen and oxygen atoms in total. The van der Waals surface area contributed by atoms with Crippen molar-refractivity contribution in [2.75, 3.05) is 27.2 Å². The minimum absolute atomic E-state index is 0.0314. The van der Waals surface area contributed by atoms with Crippen LogP contribution in [-0.2, 0) is 18.4 Å². The van der Waals surface area contributed by atoms with Crippen molar-refractivity contribution in [2.24, 2.45) is 17.3 Å². The molecule has 1 aliphatic heterocycles. The number of likely N-dealkylation sites (tertiary alicyclic amines) is 1. The van der Waals surface area contributed by atoms with Crippen LogP contribution in [0.3, 0.4) is 0 Å². The summed E-state index contributed by atoms with van der Waals surface area (Å²) in [6, 6.07) is 16.4. The number of alkyl halides is 1. The second-order valence-corrected chi connectivity index (χ2v) is 14.0. The molecule has 4 aliphatic carbocycles. The largest absolute Gasteiger partial charge is 0.504 e. The van der Waals surface area contributed by atoms with E-state index < -0.39 is 0 Å². The number of piperidine rings is 1. The maximum Gasteiger partial charge on any atom is 0.161 e. The van der Waals surface area contributed by atoms with Crippen molar-refractivity contribution < 1.29 is 9.84 Å². The molecule has 0 amide bonds. The molecule has 0 radical (unpaired) electrons. The summed E-state index contributed by atoms with van der Waals surface area (Å²) in [5.41, 5.74) is 4.34. The zero-order valence-electron chi connectivity index (χ0n) is 21.6. The van der Waals surface area contributed by atoms with Crippen molar-refractivity contribution in [3.8, 4) is 11.5 Å². The third-order valence-electron chi connectivity index (χ3n) is 10.9. The van der Waals surface area contributed by atoms with Crippen LogP contribution in [0.25, 0.3) is 0 Å². The fourth-order valence-corrected chi connectivity index (χ4v) is 11.4. The number of methoxy groups -OCH3 is 1. The Morgan fingerprint density at radius 3 is 2.67 bits per heavy atom. The van der Waals surface area contributed by atoms with Gasteiger partial charge in [0.05, 0.1) is 7.11 Å². The van der Waals surface area contributed by atoms with Gasteiger partial charge in [0.2, 0.25) is 0 Å². The molecule has 3 saturated carbocycles. The van der Waals surface area contributed by atoms with Crippen molar-refractivity contribution in [3.63, 3.8) is 0 Å². The standard InChI is InChI=1S/C31H39IN2O2/c1-33(18-20-6-4-3-5-7-20)24-12-13-30-17-23(32)28(24)31(30)14-15-34(19-21-8-9-21)26(30)16-22-10-11-25(36-2)29(35)27(22)31/h3-7,10-11,21,23-24,26,28,35H,8-9,12-19H2,1-2H3/t23-,24?,26?,28?,30?,31?/m0/s1. The SMILES string of the molecule is COc1ccc2c(c1O)C13CCN(CC4CC4)C(C2)C12CCC(N(C)Cc1ccccc1)C3[C@@H](I)C2. The van der Waals surface area contributed by atoms with Crippen LogP contribution in [0.4, 0.5) is 0 Å². The summed E-state index contributed by atoms with van der Waals surface area (Å²) in [5.74, 6) is 2.56. The fraction of sp³-hybridized carbons (Fsp3) is 0.613. The first-order valence-corrected chi connectivity index (χ1v) is 15.2. The van der Waals surface area contributed by atoms with Crippen molar-refractivity contribution in [3.05, 3.63) is 59.2 Å². The van der Waals surface area contributed by atoms with Gasteiger partial charge < -0.3 is 9.84 Å². The average Bonchev–Trinajstić information content (AvgIpc) is 3.67. The van der Waals surface area contributed by atoms with Gasteiger partial charge in [0, 0.05) is 40.1 Å². The van der Waals surface area contributed by atoms with E-state index in [-0.39, 0.29) is 10.8 Å². The highest BCUT2D eigenvalue weighted by molar-refractivity contribution is 14.1. The van der Waals surface area contributed by atoms with Gasteiger partial charge in [0.1, 0.15) is 0 Å². The molecule has 36 heavy (non-hydrogen) atoms. The first-order chi connectivity index (χ1) is 17.5. The number of hydrogen-bond donors (Lipinski definition) is 1. The molecule has 7 rings (SSSR count). The number of phenolic OH excluding ortho intramolecular Hbond substituents is 1. The predicted molar refractivity (Wildman–Crippen MR) is 152 cm³/mol. The Morgan fingerprint density at radius 2 is 1.92 bits per heavy atom. The molecule has 5 aliphatic rings. The Hall–Kier alpha value is -1.31. The van der Waals surface area contributed by atoms with Crippen molar-refractivity contribution in [1.29, 1.82) is 0 Å². The van der Waals surface area contributed by atoms with Gasteiger partial charge in [-0.15, -0.1) is 0 Å². The number of hydrogen-bond acceptors (Lipinski definition) is 4. The molecule has 2 aromatic rings. The minimum Gasteiger partial charge on any atom is -0.504 e. The molecule has 1 N–H and O–H groups in total. The van der Waals surface area contributed by atoms with Gasteiger partial charge >= 0.3 is 0 Å². The molecule has 6 atom stereocenters. The molecule has 5 unspecified atom stereocenters. The second-order valence-electron chi connectivity index (χ2n) is 12.4. The lowest BCUT2D eigenvalue weighted by Crippen LogP contribution is -2.70. The summed E-state index contributed by atoms with van der Waals surface area (Å²) in [5, 5.41) is 11.8. The smallest absolute Gasteiger partial charge is 0.161 e. The van der Waals surface area contributed by atoms with E-state index >= 15 is 0 Å². The second kappa shape index (κ2) is 8.60. The quantitative estimate of drug-likeness (QED) is 0.338. The highest BCUT2D eigenvalue weighted by Gasteiger charge is 2.74. The van der Waals surface area contributed by atoms with E-state index in [2.05, 4.69) is 75.8 Å². The van der Waals surface area contributed by atoms with Gasteiger partial charge in [-0.3, -0.25) is 9.80 Å². The zero-order chi connectivity index (χ0) is 24.7. The van der Waals surface area contributed by atoms with Gasteiger partial charge in [-0.05, 0) is 93.0 Å². The normalized spacial score (nSPS) is 37.0. The minimum atomic E-state index is 0.0314. The summed E-state index contributed by atoms with van der Waals surface area (Å²) >= 11 is 2.81. The Labute approximate surface area is 229 Å². The topological polar surface area (TPSA) is 35.9 Å². The van der Waals surface area contributed by atoms with E-state index in [4.69, 9.17) is 4.74 Å². The lowest BCUT2D eigenvalue weighted by atomic mass is 9.43. The van der Waals surface area contributed by atoms with E-state index in [9.17, 15) is 5.11 Å². The van der Waals surface area contributed by atoms with E-state index in [0.717, 1.165) is 18.9 Å². The number of aromatic hydroxyl groups is 1. The molecule has 1 saturated heterocycles. The van der Waals surface area contributed by atoms with Crippen molar-refractivity contribution >= 4 is 22.6 Å². The summed E-state index contributed by atoms with van der Waals surface area (Å²) in [6.07, 6.45) is 8.92. The molecular weight excluding hydrogens is 559 g/mol. The summed E-state index contributed by atoms with van der Waals surface area (Å²) in [4.78, 5) is 5.55. The highest BCUT2D eigenvalue weighted by Crippen LogP contribution is 2.75. The number of rotatable bonds is 6. The molecule has 2 aromatic carbocycles. The van der Waals surface area contributed by atoms with Gasteiger partial charge in [0.15, 0.2) is 11.5 Å².